The minimum Gasteiger partial charge on any atom is -0.493 e. The number of ether oxygens (including phenoxy) is 3. The molecule has 0 spiro atoms. The van der Waals surface area contributed by atoms with E-state index in [1.807, 2.05) is 0 Å². The van der Waals surface area contributed by atoms with Crippen molar-refractivity contribution in [3.63, 3.8) is 0 Å². The smallest absolute Gasteiger partial charge is 0.203 e. The molecule has 0 heterocycles. The van der Waals surface area contributed by atoms with Crippen LogP contribution in [0.15, 0.2) is 12.1 Å². The van der Waals surface area contributed by atoms with Crippen molar-refractivity contribution < 1.29 is 19.0 Å². The van der Waals surface area contributed by atoms with E-state index in [1.54, 1.807) is 12.1 Å². The summed E-state index contributed by atoms with van der Waals surface area (Å²) in [6.45, 7) is 0.582. The molecule has 0 unspecified atom stereocenters. The molecule has 0 saturated heterocycles. The number of aldehydes is 1. The highest BCUT2D eigenvalue weighted by molar-refractivity contribution is 9.09. The van der Waals surface area contributed by atoms with Gasteiger partial charge in [-0.2, -0.15) is 0 Å². The van der Waals surface area contributed by atoms with Crippen molar-refractivity contribution in [3.05, 3.63) is 17.7 Å². The van der Waals surface area contributed by atoms with Crippen molar-refractivity contribution in [1.29, 1.82) is 0 Å². The quantitative estimate of drug-likeness (QED) is 0.420. The second kappa shape index (κ2) is 7.97. The minimum atomic E-state index is 0.497. The lowest BCUT2D eigenvalue weighted by Crippen LogP contribution is -2.02. The van der Waals surface area contributed by atoms with Crippen LogP contribution >= 0.6 is 15.9 Å². The Hall–Kier alpha value is -1.23. The van der Waals surface area contributed by atoms with E-state index < -0.39 is 0 Å². The van der Waals surface area contributed by atoms with Gasteiger partial charge in [0.2, 0.25) is 5.75 Å². The van der Waals surface area contributed by atoms with Gasteiger partial charge in [-0.15, -0.1) is 0 Å². The molecule has 0 aliphatic carbocycles. The van der Waals surface area contributed by atoms with Gasteiger partial charge in [-0.05, 0) is 25.0 Å². The summed E-state index contributed by atoms with van der Waals surface area (Å²) in [6, 6.07) is 3.27. The molecule has 1 aromatic carbocycles. The lowest BCUT2D eigenvalue weighted by molar-refractivity contribution is 0.112. The van der Waals surface area contributed by atoms with Crippen molar-refractivity contribution in [2.75, 3.05) is 26.2 Å². The van der Waals surface area contributed by atoms with E-state index >= 15 is 0 Å². The molecule has 0 fully saturated rings. The van der Waals surface area contributed by atoms with Crippen molar-refractivity contribution in [2.24, 2.45) is 0 Å². The number of unbranched alkanes of at least 4 members (excludes halogenated alkanes) is 1. The summed E-state index contributed by atoms with van der Waals surface area (Å²) in [6.07, 6.45) is 2.73. The Labute approximate surface area is 115 Å². The summed E-state index contributed by atoms with van der Waals surface area (Å²) in [5.74, 6) is 1.56. The zero-order valence-electron chi connectivity index (χ0n) is 10.6. The van der Waals surface area contributed by atoms with Crippen LogP contribution in [0.2, 0.25) is 0 Å². The molecule has 100 valence electrons. The zero-order chi connectivity index (χ0) is 13.4. The van der Waals surface area contributed by atoms with Gasteiger partial charge in [0.15, 0.2) is 11.5 Å². The fourth-order valence-corrected chi connectivity index (χ4v) is 1.88. The van der Waals surface area contributed by atoms with Crippen LogP contribution in [-0.4, -0.2) is 32.4 Å². The van der Waals surface area contributed by atoms with Crippen LogP contribution in [0.3, 0.4) is 0 Å². The molecular formula is C13H17BrO4. The number of carbonyl (C=O) groups is 1. The van der Waals surface area contributed by atoms with E-state index in [9.17, 15) is 4.79 Å². The Kier molecular flexibility index (Phi) is 6.57. The highest BCUT2D eigenvalue weighted by atomic mass is 79.9. The molecule has 0 aromatic heterocycles. The molecule has 0 aliphatic heterocycles. The topological polar surface area (TPSA) is 44.8 Å². The number of halogens is 1. The third kappa shape index (κ3) is 3.91. The Morgan fingerprint density at radius 2 is 1.78 bits per heavy atom. The molecule has 1 aromatic rings. The van der Waals surface area contributed by atoms with Crippen LogP contribution < -0.4 is 14.2 Å². The van der Waals surface area contributed by atoms with E-state index in [1.165, 1.54) is 14.2 Å². The zero-order valence-corrected chi connectivity index (χ0v) is 12.2. The first-order valence-corrected chi connectivity index (χ1v) is 6.79. The van der Waals surface area contributed by atoms with E-state index in [0.29, 0.717) is 29.4 Å². The summed E-state index contributed by atoms with van der Waals surface area (Å²) in [5.41, 5.74) is 0.497. The highest BCUT2D eigenvalue weighted by Gasteiger charge is 2.13. The molecular weight excluding hydrogens is 300 g/mol. The van der Waals surface area contributed by atoms with Gasteiger partial charge in [-0.25, -0.2) is 0 Å². The molecule has 0 radical (unpaired) electrons. The number of alkyl halides is 1. The fraction of sp³-hybridized carbons (Fsp3) is 0.462. The molecule has 4 nitrogen and oxygen atoms in total. The summed E-state index contributed by atoms with van der Waals surface area (Å²) < 4.78 is 16.1. The SMILES string of the molecule is COc1cc(C=O)cc(OC)c1OCCCCBr. The fourth-order valence-electron chi connectivity index (χ4n) is 1.48. The van der Waals surface area contributed by atoms with Crippen LogP contribution in [0.4, 0.5) is 0 Å². The van der Waals surface area contributed by atoms with Crippen LogP contribution in [-0.2, 0) is 0 Å². The Morgan fingerprint density at radius 1 is 1.17 bits per heavy atom. The number of rotatable bonds is 8. The first-order chi connectivity index (χ1) is 8.76. The summed E-state index contributed by atoms with van der Waals surface area (Å²) in [4.78, 5) is 10.8. The summed E-state index contributed by atoms with van der Waals surface area (Å²) in [5, 5.41) is 0.953. The van der Waals surface area contributed by atoms with E-state index in [4.69, 9.17) is 14.2 Å². The standard InChI is InChI=1S/C13H17BrO4/c1-16-11-7-10(9-15)8-12(17-2)13(11)18-6-4-3-5-14/h7-9H,3-6H2,1-2H3. The molecule has 0 saturated carbocycles. The number of hydrogen-bond acceptors (Lipinski definition) is 4. The third-order valence-corrected chi connectivity index (χ3v) is 2.95. The van der Waals surface area contributed by atoms with Crippen molar-refractivity contribution in [3.8, 4) is 17.2 Å². The minimum absolute atomic E-state index is 0.497. The van der Waals surface area contributed by atoms with Crippen LogP contribution in [0.5, 0.6) is 17.2 Å². The van der Waals surface area contributed by atoms with Gasteiger partial charge < -0.3 is 14.2 Å². The van der Waals surface area contributed by atoms with Gasteiger partial charge in [0.25, 0.3) is 0 Å². The van der Waals surface area contributed by atoms with Gasteiger partial charge in [-0.3, -0.25) is 4.79 Å². The molecule has 5 heteroatoms. The van der Waals surface area contributed by atoms with Crippen LogP contribution in [0, 0.1) is 0 Å². The van der Waals surface area contributed by atoms with E-state index in [-0.39, 0.29) is 0 Å². The lowest BCUT2D eigenvalue weighted by atomic mass is 10.2. The van der Waals surface area contributed by atoms with E-state index in [0.717, 1.165) is 24.5 Å². The van der Waals surface area contributed by atoms with Gasteiger partial charge in [-0.1, -0.05) is 15.9 Å². The van der Waals surface area contributed by atoms with Crippen LogP contribution in [0.1, 0.15) is 23.2 Å². The molecule has 0 aliphatic rings. The average Bonchev–Trinajstić information content (AvgIpc) is 2.42. The first-order valence-electron chi connectivity index (χ1n) is 5.66. The van der Waals surface area contributed by atoms with Crippen molar-refractivity contribution in [2.45, 2.75) is 12.8 Å². The Bertz CT molecular complexity index is 368. The Balaban J connectivity index is 2.89. The van der Waals surface area contributed by atoms with E-state index in [2.05, 4.69) is 15.9 Å². The second-order valence-corrected chi connectivity index (χ2v) is 4.41. The summed E-state index contributed by atoms with van der Waals surface area (Å²) in [7, 11) is 3.07. The monoisotopic (exact) mass is 316 g/mol. The average molecular weight is 317 g/mol. The predicted molar refractivity (Wildman–Crippen MR) is 73.5 cm³/mol. The number of hydrogen-bond donors (Lipinski definition) is 0. The first kappa shape index (κ1) is 14.8. The van der Waals surface area contributed by atoms with Gasteiger partial charge in [0.05, 0.1) is 20.8 Å². The van der Waals surface area contributed by atoms with Gasteiger partial charge in [0.1, 0.15) is 6.29 Å². The molecule has 0 atom stereocenters. The van der Waals surface area contributed by atoms with Crippen LogP contribution in [0.25, 0.3) is 0 Å². The van der Waals surface area contributed by atoms with Gasteiger partial charge in [0, 0.05) is 10.9 Å². The predicted octanol–water partition coefficient (Wildman–Crippen LogP) is 3.07. The number of benzene rings is 1. The van der Waals surface area contributed by atoms with Gasteiger partial charge >= 0.3 is 0 Å². The lowest BCUT2D eigenvalue weighted by Gasteiger charge is -2.14. The molecule has 0 N–H and O–H groups in total. The normalized spacial score (nSPS) is 9.94. The maximum Gasteiger partial charge on any atom is 0.203 e. The van der Waals surface area contributed by atoms with Crippen molar-refractivity contribution >= 4 is 22.2 Å². The molecule has 18 heavy (non-hydrogen) atoms. The maximum atomic E-state index is 10.8. The summed E-state index contributed by atoms with van der Waals surface area (Å²) >= 11 is 3.37. The highest BCUT2D eigenvalue weighted by Crippen LogP contribution is 2.38. The largest absolute Gasteiger partial charge is 0.493 e. The third-order valence-electron chi connectivity index (χ3n) is 2.39. The van der Waals surface area contributed by atoms with Crippen molar-refractivity contribution in [1.82, 2.24) is 0 Å². The maximum absolute atomic E-state index is 10.8. The molecule has 0 amide bonds. The second-order valence-electron chi connectivity index (χ2n) is 3.62. The molecule has 1 rings (SSSR count). The Morgan fingerprint density at radius 3 is 2.22 bits per heavy atom. The number of carbonyl (C=O) groups excluding carboxylic acids is 1. The molecule has 0 bridgehead atoms. The number of methoxy groups -OCH3 is 2.